The Hall–Kier alpha value is -2.65. The van der Waals surface area contributed by atoms with Crippen LogP contribution in [0.2, 0.25) is 0 Å². The van der Waals surface area contributed by atoms with Crippen molar-refractivity contribution in [2.75, 3.05) is 6.54 Å². The van der Waals surface area contributed by atoms with Gasteiger partial charge in [0.25, 0.3) is 5.91 Å². The molecule has 0 saturated carbocycles. The van der Waals surface area contributed by atoms with Gasteiger partial charge < -0.3 is 11.1 Å². The molecular formula is C15H17N5O. The summed E-state index contributed by atoms with van der Waals surface area (Å²) in [4.78, 5) is 16.4. The molecule has 0 aliphatic rings. The third-order valence-electron chi connectivity index (χ3n) is 3.01. The molecule has 21 heavy (non-hydrogen) atoms. The Morgan fingerprint density at radius 3 is 3.00 bits per heavy atom. The quantitative estimate of drug-likeness (QED) is 0.730. The first kappa shape index (κ1) is 14.8. The van der Waals surface area contributed by atoms with Crippen LogP contribution in [0.25, 0.3) is 0 Å². The second-order valence-corrected chi connectivity index (χ2v) is 4.60. The van der Waals surface area contributed by atoms with Gasteiger partial charge in [-0.25, -0.2) is 4.98 Å². The summed E-state index contributed by atoms with van der Waals surface area (Å²) in [6.07, 6.45) is 1.41. The number of aromatic amines is 1. The third-order valence-corrected chi connectivity index (χ3v) is 3.01. The molecule has 0 bridgehead atoms. The highest BCUT2D eigenvalue weighted by Crippen LogP contribution is 2.13. The normalized spacial score (nSPS) is 11.4. The predicted molar refractivity (Wildman–Crippen MR) is 79.4 cm³/mol. The average molecular weight is 283 g/mol. The number of rotatable bonds is 3. The van der Waals surface area contributed by atoms with Gasteiger partial charge in [0.15, 0.2) is 0 Å². The molecule has 0 aliphatic heterocycles. The number of carbonyl (C=O) groups is 1. The number of nitrogens with two attached hydrogens (primary N) is 1. The molecule has 6 heteroatoms. The fourth-order valence-corrected chi connectivity index (χ4v) is 1.86. The lowest BCUT2D eigenvalue weighted by molar-refractivity contribution is 0.0937. The molecule has 1 aromatic heterocycles. The van der Waals surface area contributed by atoms with Gasteiger partial charge in [-0.2, -0.15) is 5.10 Å². The highest BCUT2D eigenvalue weighted by atomic mass is 16.1. The largest absolute Gasteiger partial charge is 0.342 e. The maximum Gasteiger partial charge on any atom is 0.252 e. The minimum Gasteiger partial charge on any atom is -0.342 e. The Labute approximate surface area is 123 Å². The van der Waals surface area contributed by atoms with E-state index in [9.17, 15) is 4.79 Å². The lowest BCUT2D eigenvalue weighted by Gasteiger charge is -2.12. The smallest absolute Gasteiger partial charge is 0.252 e. The molecule has 2 aromatic rings. The Morgan fingerprint density at radius 2 is 2.33 bits per heavy atom. The Kier molecular flexibility index (Phi) is 4.69. The van der Waals surface area contributed by atoms with Gasteiger partial charge in [0.1, 0.15) is 12.2 Å². The molecule has 1 unspecified atom stereocenters. The van der Waals surface area contributed by atoms with Crippen LogP contribution < -0.4 is 11.1 Å². The number of hydrogen-bond donors (Lipinski definition) is 3. The van der Waals surface area contributed by atoms with Crippen molar-refractivity contribution in [3.63, 3.8) is 0 Å². The molecule has 1 heterocycles. The van der Waals surface area contributed by atoms with Crippen molar-refractivity contribution in [3.05, 3.63) is 47.0 Å². The minimum atomic E-state index is -0.252. The van der Waals surface area contributed by atoms with Gasteiger partial charge in [0.05, 0.1) is 12.6 Å². The van der Waals surface area contributed by atoms with Gasteiger partial charge in [-0.15, -0.1) is 0 Å². The SMILES string of the molecule is Cc1ccc(C#CCN)cc1C(=O)NC(C)c1ncn[nH]1. The van der Waals surface area contributed by atoms with E-state index in [1.165, 1.54) is 6.33 Å². The molecule has 1 amide bonds. The second-order valence-electron chi connectivity index (χ2n) is 4.60. The predicted octanol–water partition coefficient (Wildman–Crippen LogP) is 0.914. The molecule has 0 saturated heterocycles. The molecule has 2 rings (SSSR count). The first-order valence-electron chi connectivity index (χ1n) is 6.57. The molecule has 0 aliphatic carbocycles. The van der Waals surface area contributed by atoms with E-state index < -0.39 is 0 Å². The van der Waals surface area contributed by atoms with Crippen molar-refractivity contribution in [1.82, 2.24) is 20.5 Å². The number of H-pyrrole nitrogens is 1. The van der Waals surface area contributed by atoms with Gasteiger partial charge in [-0.05, 0) is 31.5 Å². The van der Waals surface area contributed by atoms with Gasteiger partial charge in [-0.1, -0.05) is 17.9 Å². The van der Waals surface area contributed by atoms with Crippen LogP contribution in [0.1, 0.15) is 40.3 Å². The average Bonchev–Trinajstić information content (AvgIpc) is 3.00. The van der Waals surface area contributed by atoms with Crippen molar-refractivity contribution >= 4 is 5.91 Å². The molecule has 0 radical (unpaired) electrons. The fraction of sp³-hybridized carbons (Fsp3) is 0.267. The summed E-state index contributed by atoms with van der Waals surface area (Å²) < 4.78 is 0. The van der Waals surface area contributed by atoms with E-state index >= 15 is 0 Å². The molecule has 0 fully saturated rings. The lowest BCUT2D eigenvalue weighted by Crippen LogP contribution is -2.28. The van der Waals surface area contributed by atoms with Crippen LogP contribution in [0, 0.1) is 18.8 Å². The summed E-state index contributed by atoms with van der Waals surface area (Å²) in [5.41, 5.74) is 7.60. The molecule has 1 atom stereocenters. The second kappa shape index (κ2) is 6.68. The van der Waals surface area contributed by atoms with Crippen molar-refractivity contribution in [2.24, 2.45) is 5.73 Å². The number of aromatic nitrogens is 3. The summed E-state index contributed by atoms with van der Waals surface area (Å²) in [5.74, 6) is 6.14. The number of nitrogens with one attached hydrogen (secondary N) is 2. The summed E-state index contributed by atoms with van der Waals surface area (Å²) in [6, 6.07) is 5.25. The van der Waals surface area contributed by atoms with Crippen LogP contribution in [0.4, 0.5) is 0 Å². The van der Waals surface area contributed by atoms with Crippen LogP contribution >= 0.6 is 0 Å². The van der Waals surface area contributed by atoms with Crippen LogP contribution in [-0.2, 0) is 0 Å². The van der Waals surface area contributed by atoms with E-state index in [0.717, 1.165) is 11.1 Å². The zero-order valence-electron chi connectivity index (χ0n) is 12.0. The Balaban J connectivity index is 2.18. The molecule has 1 aromatic carbocycles. The van der Waals surface area contributed by atoms with E-state index in [1.807, 2.05) is 26.0 Å². The first-order chi connectivity index (χ1) is 10.1. The number of hydrogen-bond acceptors (Lipinski definition) is 4. The fourth-order valence-electron chi connectivity index (χ4n) is 1.86. The maximum absolute atomic E-state index is 12.4. The van der Waals surface area contributed by atoms with Crippen molar-refractivity contribution < 1.29 is 4.79 Å². The summed E-state index contributed by atoms with van der Waals surface area (Å²) >= 11 is 0. The minimum absolute atomic E-state index is 0.173. The highest BCUT2D eigenvalue weighted by Gasteiger charge is 2.15. The molecule has 4 N–H and O–H groups in total. The number of nitrogens with zero attached hydrogens (tertiary/aromatic N) is 2. The maximum atomic E-state index is 12.4. The summed E-state index contributed by atoms with van der Waals surface area (Å²) in [6.45, 7) is 4.01. The summed E-state index contributed by atoms with van der Waals surface area (Å²) in [7, 11) is 0. The zero-order chi connectivity index (χ0) is 15.2. The number of carbonyl (C=O) groups excluding carboxylic acids is 1. The van der Waals surface area contributed by atoms with Gasteiger partial charge in [0, 0.05) is 11.1 Å². The van der Waals surface area contributed by atoms with Gasteiger partial charge in [-0.3, -0.25) is 9.89 Å². The Morgan fingerprint density at radius 1 is 1.52 bits per heavy atom. The van der Waals surface area contributed by atoms with E-state index in [-0.39, 0.29) is 18.5 Å². The monoisotopic (exact) mass is 283 g/mol. The third kappa shape index (κ3) is 3.68. The van der Waals surface area contributed by atoms with E-state index in [2.05, 4.69) is 32.3 Å². The van der Waals surface area contributed by atoms with E-state index in [4.69, 9.17) is 5.73 Å². The van der Waals surface area contributed by atoms with Crippen LogP contribution in [0.3, 0.4) is 0 Å². The number of amides is 1. The molecule has 0 spiro atoms. The van der Waals surface area contributed by atoms with Crippen LogP contribution in [-0.4, -0.2) is 27.6 Å². The van der Waals surface area contributed by atoms with Crippen molar-refractivity contribution in [1.29, 1.82) is 0 Å². The number of benzene rings is 1. The van der Waals surface area contributed by atoms with Gasteiger partial charge >= 0.3 is 0 Å². The van der Waals surface area contributed by atoms with Crippen molar-refractivity contribution in [3.8, 4) is 11.8 Å². The highest BCUT2D eigenvalue weighted by molar-refractivity contribution is 5.96. The van der Waals surface area contributed by atoms with E-state index in [0.29, 0.717) is 11.4 Å². The summed E-state index contributed by atoms with van der Waals surface area (Å²) in [5, 5.41) is 9.38. The first-order valence-corrected chi connectivity index (χ1v) is 6.57. The number of aryl methyl sites for hydroxylation is 1. The Bertz CT molecular complexity index is 682. The van der Waals surface area contributed by atoms with Crippen molar-refractivity contribution in [2.45, 2.75) is 19.9 Å². The van der Waals surface area contributed by atoms with Crippen LogP contribution in [0.5, 0.6) is 0 Å². The van der Waals surface area contributed by atoms with E-state index in [1.54, 1.807) is 6.07 Å². The molecule has 108 valence electrons. The van der Waals surface area contributed by atoms with Crippen LogP contribution in [0.15, 0.2) is 24.5 Å². The standard InChI is InChI=1S/C15H17N5O/c1-10-5-6-12(4-3-7-16)8-13(10)15(21)19-11(2)14-17-9-18-20-14/h5-6,8-9,11H,7,16H2,1-2H3,(H,19,21)(H,17,18,20). The topological polar surface area (TPSA) is 96.7 Å². The molecule has 6 nitrogen and oxygen atoms in total. The van der Waals surface area contributed by atoms with Gasteiger partial charge in [0.2, 0.25) is 0 Å². The molecular weight excluding hydrogens is 266 g/mol. The zero-order valence-corrected chi connectivity index (χ0v) is 12.0. The lowest BCUT2D eigenvalue weighted by atomic mass is 10.0.